The number of rotatable bonds is 6. The number of anilines is 1. The Labute approximate surface area is 205 Å². The van der Waals surface area contributed by atoms with E-state index < -0.39 is 15.9 Å². The first-order valence-corrected chi connectivity index (χ1v) is 13.1. The maximum Gasteiger partial charge on any atom is 0.279 e. The van der Waals surface area contributed by atoms with Crippen molar-refractivity contribution in [2.45, 2.75) is 11.4 Å². The molecule has 0 saturated carbocycles. The summed E-state index contributed by atoms with van der Waals surface area (Å²) in [6, 6.07) is 18.0. The lowest BCUT2D eigenvalue weighted by Crippen LogP contribution is -2.17. The van der Waals surface area contributed by atoms with Gasteiger partial charge in [0.05, 0.1) is 15.1 Å². The average molecular weight is 508 g/mol. The van der Waals surface area contributed by atoms with Crippen LogP contribution in [0.5, 0.6) is 11.5 Å². The first kappa shape index (κ1) is 22.9. The Morgan fingerprint density at radius 1 is 1.06 bits per heavy atom. The van der Waals surface area contributed by atoms with Gasteiger partial charge in [0.15, 0.2) is 16.3 Å². The quantitative estimate of drug-likeness (QED) is 0.395. The van der Waals surface area contributed by atoms with Crippen LogP contribution in [0.25, 0.3) is 10.2 Å². The molecular formula is C25H21N3O5S2. The number of amides is 1. The standard InChI is InChI=1S/C25H21N3O5S2/c1-2-11-28-20-15-21-22(33-13-12-32-21)16-23(20)34-25(28)26-24(29)17-7-6-8-18(14-17)27-35(30,31)19-9-4-3-5-10-19/h2-10,14-16,27H,1,11-13H2. The highest BCUT2D eigenvalue weighted by molar-refractivity contribution is 7.92. The highest BCUT2D eigenvalue weighted by Gasteiger charge is 2.18. The van der Waals surface area contributed by atoms with Crippen LogP contribution in [0.15, 0.2) is 89.3 Å². The number of benzene rings is 3. The highest BCUT2D eigenvalue weighted by Crippen LogP contribution is 2.35. The van der Waals surface area contributed by atoms with Crippen LogP contribution in [0.1, 0.15) is 10.4 Å². The predicted octanol–water partition coefficient (Wildman–Crippen LogP) is 4.20. The Morgan fingerprint density at radius 3 is 2.54 bits per heavy atom. The SMILES string of the molecule is C=CCn1c(=NC(=O)c2cccc(NS(=O)(=O)c3ccccc3)c2)sc2cc3c(cc21)OCCO3. The molecule has 35 heavy (non-hydrogen) atoms. The number of thiazole rings is 1. The van der Waals surface area contributed by atoms with E-state index in [0.29, 0.717) is 36.1 Å². The second-order valence-corrected chi connectivity index (χ2v) is 10.4. The van der Waals surface area contributed by atoms with Crippen molar-refractivity contribution in [3.05, 3.63) is 89.7 Å². The summed E-state index contributed by atoms with van der Waals surface area (Å²) in [4.78, 5) is 18.0. The summed E-state index contributed by atoms with van der Waals surface area (Å²) in [6.45, 7) is 5.22. The Kier molecular flexibility index (Phi) is 6.14. The minimum absolute atomic E-state index is 0.132. The Morgan fingerprint density at radius 2 is 1.80 bits per heavy atom. The smallest absolute Gasteiger partial charge is 0.279 e. The van der Waals surface area contributed by atoms with Crippen molar-refractivity contribution in [2.24, 2.45) is 4.99 Å². The number of hydrogen-bond donors (Lipinski definition) is 1. The number of allylic oxidation sites excluding steroid dienone is 1. The van der Waals surface area contributed by atoms with E-state index in [1.54, 1.807) is 42.5 Å². The molecule has 0 aliphatic carbocycles. The van der Waals surface area contributed by atoms with E-state index >= 15 is 0 Å². The first-order valence-electron chi connectivity index (χ1n) is 10.8. The fraction of sp³-hybridized carbons (Fsp3) is 0.120. The molecular weight excluding hydrogens is 486 g/mol. The van der Waals surface area contributed by atoms with Gasteiger partial charge in [-0.05, 0) is 30.3 Å². The van der Waals surface area contributed by atoms with Crippen molar-refractivity contribution < 1.29 is 22.7 Å². The van der Waals surface area contributed by atoms with Gasteiger partial charge in [0.1, 0.15) is 13.2 Å². The largest absolute Gasteiger partial charge is 0.486 e. The monoisotopic (exact) mass is 507 g/mol. The zero-order valence-corrected chi connectivity index (χ0v) is 20.1. The van der Waals surface area contributed by atoms with Crippen LogP contribution in [-0.4, -0.2) is 32.1 Å². The molecule has 5 rings (SSSR count). The number of aromatic nitrogens is 1. The van der Waals surface area contributed by atoms with Crippen LogP contribution in [-0.2, 0) is 16.6 Å². The van der Waals surface area contributed by atoms with E-state index in [1.165, 1.54) is 29.5 Å². The third-order valence-electron chi connectivity index (χ3n) is 5.27. The van der Waals surface area contributed by atoms with Gasteiger partial charge in [0.2, 0.25) is 0 Å². The lowest BCUT2D eigenvalue weighted by molar-refractivity contribution is 0.0998. The average Bonchev–Trinajstić information content (AvgIpc) is 3.19. The van der Waals surface area contributed by atoms with Crippen LogP contribution in [0.3, 0.4) is 0 Å². The summed E-state index contributed by atoms with van der Waals surface area (Å²) in [5, 5.41) is 0. The number of fused-ring (bicyclic) bond motifs is 2. The molecule has 10 heteroatoms. The summed E-state index contributed by atoms with van der Waals surface area (Å²) in [6.07, 6.45) is 1.73. The summed E-state index contributed by atoms with van der Waals surface area (Å²) in [5.74, 6) is 0.815. The van der Waals surface area contributed by atoms with Gasteiger partial charge in [-0.3, -0.25) is 9.52 Å². The second kappa shape index (κ2) is 9.40. The maximum atomic E-state index is 13.1. The number of carbonyl (C=O) groups is 1. The van der Waals surface area contributed by atoms with E-state index in [-0.39, 0.29) is 16.1 Å². The fourth-order valence-electron chi connectivity index (χ4n) is 3.68. The first-order chi connectivity index (χ1) is 16.9. The van der Waals surface area contributed by atoms with Crippen molar-refractivity contribution in [3.63, 3.8) is 0 Å². The third-order valence-corrected chi connectivity index (χ3v) is 7.71. The molecule has 4 aromatic rings. The van der Waals surface area contributed by atoms with Gasteiger partial charge < -0.3 is 14.0 Å². The maximum absolute atomic E-state index is 13.1. The molecule has 0 spiro atoms. The Bertz CT molecular complexity index is 1610. The molecule has 0 unspecified atom stereocenters. The molecule has 1 N–H and O–H groups in total. The van der Waals surface area contributed by atoms with E-state index in [0.717, 1.165) is 10.2 Å². The number of carbonyl (C=O) groups excluding carboxylic acids is 1. The topological polar surface area (TPSA) is 99.0 Å². The Balaban J connectivity index is 1.50. The lowest BCUT2D eigenvalue weighted by atomic mass is 10.2. The van der Waals surface area contributed by atoms with E-state index in [2.05, 4.69) is 16.3 Å². The summed E-state index contributed by atoms with van der Waals surface area (Å²) >= 11 is 1.35. The normalized spacial score (nSPS) is 13.5. The molecule has 1 aliphatic heterocycles. The van der Waals surface area contributed by atoms with Gasteiger partial charge in [-0.2, -0.15) is 4.99 Å². The van der Waals surface area contributed by atoms with Crippen LogP contribution in [0.2, 0.25) is 0 Å². The molecule has 3 aromatic carbocycles. The van der Waals surface area contributed by atoms with Crippen molar-refractivity contribution in [1.82, 2.24) is 4.57 Å². The minimum atomic E-state index is -3.78. The zero-order chi connectivity index (χ0) is 24.4. The van der Waals surface area contributed by atoms with E-state index in [4.69, 9.17) is 9.47 Å². The molecule has 0 radical (unpaired) electrons. The number of sulfonamides is 1. The zero-order valence-electron chi connectivity index (χ0n) is 18.5. The van der Waals surface area contributed by atoms with Crippen molar-refractivity contribution >= 4 is 43.2 Å². The van der Waals surface area contributed by atoms with Gasteiger partial charge in [0.25, 0.3) is 15.9 Å². The van der Waals surface area contributed by atoms with Gasteiger partial charge in [0, 0.05) is 29.9 Å². The third kappa shape index (κ3) is 4.71. The molecule has 2 heterocycles. The van der Waals surface area contributed by atoms with Crippen molar-refractivity contribution in [1.29, 1.82) is 0 Å². The van der Waals surface area contributed by atoms with E-state index in [9.17, 15) is 13.2 Å². The molecule has 1 aliphatic rings. The molecule has 178 valence electrons. The fourth-order valence-corrected chi connectivity index (χ4v) is 5.80. The number of ether oxygens (including phenoxy) is 2. The van der Waals surface area contributed by atoms with Gasteiger partial charge in [-0.15, -0.1) is 6.58 Å². The number of nitrogens with zero attached hydrogens (tertiary/aromatic N) is 2. The molecule has 1 amide bonds. The van der Waals surface area contributed by atoms with Crippen LogP contribution >= 0.6 is 11.3 Å². The second-order valence-electron chi connectivity index (χ2n) is 7.66. The van der Waals surface area contributed by atoms with Crippen molar-refractivity contribution in [2.75, 3.05) is 17.9 Å². The molecule has 1 aromatic heterocycles. The predicted molar refractivity (Wildman–Crippen MR) is 135 cm³/mol. The van der Waals surface area contributed by atoms with Gasteiger partial charge in [-0.1, -0.05) is 41.7 Å². The summed E-state index contributed by atoms with van der Waals surface area (Å²) < 4.78 is 42.0. The van der Waals surface area contributed by atoms with Crippen molar-refractivity contribution in [3.8, 4) is 11.5 Å². The molecule has 0 atom stereocenters. The number of hydrogen-bond acceptors (Lipinski definition) is 6. The van der Waals surface area contributed by atoms with E-state index in [1.807, 2.05) is 16.7 Å². The molecule has 0 bridgehead atoms. The summed E-state index contributed by atoms with van der Waals surface area (Å²) in [5.41, 5.74) is 1.38. The summed E-state index contributed by atoms with van der Waals surface area (Å²) in [7, 11) is -3.78. The van der Waals surface area contributed by atoms with Crippen LogP contribution < -0.4 is 19.0 Å². The lowest BCUT2D eigenvalue weighted by Gasteiger charge is -2.18. The van der Waals surface area contributed by atoms with Crippen LogP contribution in [0, 0.1) is 0 Å². The number of nitrogens with one attached hydrogen (secondary N) is 1. The molecule has 0 fully saturated rings. The minimum Gasteiger partial charge on any atom is -0.486 e. The van der Waals surface area contributed by atoms with Crippen LogP contribution in [0.4, 0.5) is 5.69 Å². The van der Waals surface area contributed by atoms with Gasteiger partial charge >= 0.3 is 0 Å². The highest BCUT2D eigenvalue weighted by atomic mass is 32.2. The van der Waals surface area contributed by atoms with Gasteiger partial charge in [-0.25, -0.2) is 8.42 Å². The molecule has 8 nitrogen and oxygen atoms in total. The Hall–Kier alpha value is -3.89. The molecule has 0 saturated heterocycles.